The summed E-state index contributed by atoms with van der Waals surface area (Å²) >= 11 is 0. The number of hydrogen-bond acceptors (Lipinski definition) is 6. The van der Waals surface area contributed by atoms with Gasteiger partial charge in [-0.2, -0.15) is 0 Å². The van der Waals surface area contributed by atoms with Gasteiger partial charge in [0.15, 0.2) is 5.76 Å². The molecule has 0 aliphatic rings. The van der Waals surface area contributed by atoms with Crippen molar-refractivity contribution in [2.75, 3.05) is 7.11 Å². The molecule has 2 heterocycles. The molecule has 0 aliphatic carbocycles. The summed E-state index contributed by atoms with van der Waals surface area (Å²) < 4.78 is 20.8. The first-order chi connectivity index (χ1) is 11.6. The van der Waals surface area contributed by atoms with Gasteiger partial charge in [-0.05, 0) is 30.2 Å². The average Bonchev–Trinajstić information content (AvgIpc) is 3.06. The third kappa shape index (κ3) is 3.03. The molecule has 2 aromatic heterocycles. The van der Waals surface area contributed by atoms with Crippen molar-refractivity contribution in [3.8, 4) is 5.75 Å². The number of benzene rings is 1. The zero-order chi connectivity index (χ0) is 17.1. The van der Waals surface area contributed by atoms with Gasteiger partial charge in [-0.15, -0.1) is 0 Å². The molecule has 0 amide bonds. The number of esters is 1. The lowest BCUT2D eigenvalue weighted by Gasteiger charge is -2.08. The van der Waals surface area contributed by atoms with Gasteiger partial charge >= 0.3 is 11.6 Å². The van der Waals surface area contributed by atoms with E-state index in [1.165, 1.54) is 25.5 Å². The normalized spacial score (nSPS) is 10.8. The van der Waals surface area contributed by atoms with Gasteiger partial charge in [-0.3, -0.25) is 0 Å². The van der Waals surface area contributed by atoms with Crippen molar-refractivity contribution in [3.05, 3.63) is 63.9 Å². The first kappa shape index (κ1) is 15.9. The number of ether oxygens (including phenoxy) is 2. The number of hydrogen-bond donors (Lipinski definition) is 0. The largest absolute Gasteiger partial charge is 0.485 e. The van der Waals surface area contributed by atoms with Crippen molar-refractivity contribution in [2.45, 2.75) is 20.0 Å². The Balaban J connectivity index is 1.85. The second-order valence-electron chi connectivity index (χ2n) is 5.14. The van der Waals surface area contributed by atoms with Crippen molar-refractivity contribution >= 4 is 16.9 Å². The van der Waals surface area contributed by atoms with Crippen LogP contribution in [0.2, 0.25) is 0 Å². The van der Waals surface area contributed by atoms with Crippen molar-refractivity contribution < 1.29 is 23.1 Å². The summed E-state index contributed by atoms with van der Waals surface area (Å²) in [6, 6.07) is 8.29. The van der Waals surface area contributed by atoms with Crippen LogP contribution in [0.5, 0.6) is 5.75 Å². The highest BCUT2D eigenvalue weighted by Gasteiger charge is 2.15. The van der Waals surface area contributed by atoms with Crippen molar-refractivity contribution in [1.29, 1.82) is 0 Å². The second kappa shape index (κ2) is 6.62. The third-order valence-electron chi connectivity index (χ3n) is 3.70. The molecule has 0 saturated carbocycles. The van der Waals surface area contributed by atoms with Crippen LogP contribution in [0.15, 0.2) is 50.2 Å². The van der Waals surface area contributed by atoms with E-state index in [0.717, 1.165) is 17.4 Å². The summed E-state index contributed by atoms with van der Waals surface area (Å²) in [5.41, 5.74) is 1.31. The molecule has 3 rings (SSSR count). The molecule has 0 unspecified atom stereocenters. The Kier molecular flexibility index (Phi) is 4.37. The molecule has 6 nitrogen and oxygen atoms in total. The number of carbonyl (C=O) groups is 1. The summed E-state index contributed by atoms with van der Waals surface area (Å²) in [5.74, 6) is 0.385. The molecule has 0 N–H and O–H groups in total. The fraction of sp³-hybridized carbons (Fsp3) is 0.222. The van der Waals surface area contributed by atoms with Crippen molar-refractivity contribution in [3.63, 3.8) is 0 Å². The molecular weight excluding hydrogens is 312 g/mol. The van der Waals surface area contributed by atoms with Crippen LogP contribution in [0.3, 0.4) is 0 Å². The van der Waals surface area contributed by atoms with E-state index in [-0.39, 0.29) is 6.61 Å². The highest BCUT2D eigenvalue weighted by molar-refractivity contribution is 5.90. The Morgan fingerprint density at radius 2 is 2.04 bits per heavy atom. The van der Waals surface area contributed by atoms with E-state index < -0.39 is 11.6 Å². The van der Waals surface area contributed by atoms with Crippen LogP contribution in [-0.2, 0) is 17.8 Å². The van der Waals surface area contributed by atoms with E-state index in [0.29, 0.717) is 22.7 Å². The topological polar surface area (TPSA) is 78.9 Å². The van der Waals surface area contributed by atoms with E-state index in [1.54, 1.807) is 12.1 Å². The van der Waals surface area contributed by atoms with Gasteiger partial charge in [0.05, 0.1) is 13.4 Å². The Labute approximate surface area is 137 Å². The molecule has 0 fully saturated rings. The van der Waals surface area contributed by atoms with E-state index in [1.807, 2.05) is 13.0 Å². The maximum Gasteiger partial charge on any atom is 0.341 e. The fourth-order valence-corrected chi connectivity index (χ4v) is 2.49. The Morgan fingerprint density at radius 3 is 2.79 bits per heavy atom. The quantitative estimate of drug-likeness (QED) is 0.528. The average molecular weight is 328 g/mol. The van der Waals surface area contributed by atoms with Crippen molar-refractivity contribution in [2.24, 2.45) is 0 Å². The molecule has 3 aromatic rings. The van der Waals surface area contributed by atoms with Gasteiger partial charge in [0.25, 0.3) is 0 Å². The van der Waals surface area contributed by atoms with Crippen LogP contribution in [-0.4, -0.2) is 13.1 Å². The molecule has 0 spiro atoms. The lowest BCUT2D eigenvalue weighted by atomic mass is 10.1. The summed E-state index contributed by atoms with van der Waals surface area (Å²) in [5, 5.41) is 0.873. The SMILES string of the molecule is CCc1cc(=O)oc2cc(OCc3occc3C(=O)OC)ccc12. The van der Waals surface area contributed by atoms with Crippen LogP contribution in [0, 0.1) is 0 Å². The molecule has 0 bridgehead atoms. The fourth-order valence-electron chi connectivity index (χ4n) is 2.49. The molecule has 0 saturated heterocycles. The maximum atomic E-state index is 11.6. The van der Waals surface area contributed by atoms with E-state index in [9.17, 15) is 9.59 Å². The van der Waals surface area contributed by atoms with Gasteiger partial charge in [0.2, 0.25) is 0 Å². The van der Waals surface area contributed by atoms with Crippen molar-refractivity contribution in [1.82, 2.24) is 0 Å². The Morgan fingerprint density at radius 1 is 1.21 bits per heavy atom. The summed E-state index contributed by atoms with van der Waals surface area (Å²) in [4.78, 5) is 23.2. The van der Waals surface area contributed by atoms with E-state index in [4.69, 9.17) is 13.6 Å². The standard InChI is InChI=1S/C18H16O6/c1-3-11-8-17(19)24-15-9-12(4-5-13(11)15)23-10-16-14(6-7-22-16)18(20)21-2/h4-9H,3,10H2,1-2H3. The lowest BCUT2D eigenvalue weighted by molar-refractivity contribution is 0.0595. The van der Waals surface area contributed by atoms with Crippen LogP contribution in [0.4, 0.5) is 0 Å². The molecular formula is C18H16O6. The summed E-state index contributed by atoms with van der Waals surface area (Å²) in [7, 11) is 1.30. The van der Waals surface area contributed by atoms with E-state index in [2.05, 4.69) is 4.74 Å². The smallest absolute Gasteiger partial charge is 0.341 e. The van der Waals surface area contributed by atoms with Gasteiger partial charge in [-0.1, -0.05) is 6.92 Å². The first-order valence-electron chi connectivity index (χ1n) is 7.46. The monoisotopic (exact) mass is 328 g/mol. The summed E-state index contributed by atoms with van der Waals surface area (Å²) in [6.45, 7) is 2.03. The lowest BCUT2D eigenvalue weighted by Crippen LogP contribution is -2.05. The number of fused-ring (bicyclic) bond motifs is 1. The van der Waals surface area contributed by atoms with E-state index >= 15 is 0 Å². The number of carbonyl (C=O) groups excluding carboxylic acids is 1. The van der Waals surface area contributed by atoms with Crippen LogP contribution in [0.25, 0.3) is 11.0 Å². The van der Waals surface area contributed by atoms with Crippen LogP contribution >= 0.6 is 0 Å². The zero-order valence-electron chi connectivity index (χ0n) is 13.3. The third-order valence-corrected chi connectivity index (χ3v) is 3.70. The van der Waals surface area contributed by atoms with Crippen LogP contribution in [0.1, 0.15) is 28.6 Å². The van der Waals surface area contributed by atoms with Gasteiger partial charge in [0.1, 0.15) is 23.5 Å². The van der Waals surface area contributed by atoms with Gasteiger partial charge < -0.3 is 18.3 Å². The first-order valence-corrected chi connectivity index (χ1v) is 7.46. The number of methoxy groups -OCH3 is 1. The van der Waals surface area contributed by atoms with Gasteiger partial charge in [0, 0.05) is 17.5 Å². The Hall–Kier alpha value is -3.02. The zero-order valence-corrected chi connectivity index (χ0v) is 13.3. The Bertz CT molecular complexity index is 934. The molecule has 1 aromatic carbocycles. The molecule has 0 aliphatic heterocycles. The predicted octanol–water partition coefficient (Wildman–Crippen LogP) is 3.31. The number of furan rings is 1. The number of aryl methyl sites for hydroxylation is 1. The molecule has 124 valence electrons. The second-order valence-corrected chi connectivity index (χ2v) is 5.14. The predicted molar refractivity (Wildman–Crippen MR) is 86.2 cm³/mol. The highest BCUT2D eigenvalue weighted by Crippen LogP contribution is 2.24. The minimum Gasteiger partial charge on any atom is -0.485 e. The molecule has 0 radical (unpaired) electrons. The van der Waals surface area contributed by atoms with Crippen LogP contribution < -0.4 is 10.4 Å². The molecule has 6 heteroatoms. The van der Waals surface area contributed by atoms with Gasteiger partial charge in [-0.25, -0.2) is 9.59 Å². The number of rotatable bonds is 5. The minimum atomic E-state index is -0.487. The highest BCUT2D eigenvalue weighted by atomic mass is 16.5. The molecule has 0 atom stereocenters. The summed E-state index contributed by atoms with van der Waals surface area (Å²) in [6.07, 6.45) is 2.13. The maximum absolute atomic E-state index is 11.6. The molecule has 24 heavy (non-hydrogen) atoms. The minimum absolute atomic E-state index is 0.0562.